The Labute approximate surface area is 91.6 Å². The first kappa shape index (κ1) is 10.4. The minimum absolute atomic E-state index is 0.565. The van der Waals surface area contributed by atoms with E-state index in [1.54, 1.807) is 0 Å². The Morgan fingerprint density at radius 1 is 1.60 bits per heavy atom. The van der Waals surface area contributed by atoms with E-state index in [2.05, 4.69) is 36.5 Å². The number of nitrogens with zero attached hydrogens (tertiary/aromatic N) is 2. The fourth-order valence-electron chi connectivity index (χ4n) is 2.33. The summed E-state index contributed by atoms with van der Waals surface area (Å²) in [4.78, 5) is 6.84. The zero-order valence-electron chi connectivity index (χ0n) is 9.53. The van der Waals surface area contributed by atoms with Crippen molar-refractivity contribution in [3.63, 3.8) is 0 Å². The predicted octanol–water partition coefficient (Wildman–Crippen LogP) is 2.80. The van der Waals surface area contributed by atoms with E-state index in [9.17, 15) is 0 Å². The summed E-state index contributed by atoms with van der Waals surface area (Å²) in [6.07, 6.45) is 6.36. The Morgan fingerprint density at radius 3 is 2.93 bits per heavy atom. The molecule has 0 radical (unpaired) electrons. The van der Waals surface area contributed by atoms with Gasteiger partial charge in [-0.05, 0) is 50.6 Å². The van der Waals surface area contributed by atoms with Crippen LogP contribution in [0.25, 0.3) is 6.08 Å². The fourth-order valence-corrected chi connectivity index (χ4v) is 2.33. The number of hydrogen-bond acceptors (Lipinski definition) is 2. The first-order valence-electron chi connectivity index (χ1n) is 5.51. The van der Waals surface area contributed by atoms with Gasteiger partial charge >= 0.3 is 0 Å². The van der Waals surface area contributed by atoms with Gasteiger partial charge in [-0.15, -0.1) is 0 Å². The normalized spacial score (nSPS) is 21.9. The summed E-state index contributed by atoms with van der Waals surface area (Å²) in [7, 11) is 2.19. The molecule has 2 nitrogen and oxygen atoms in total. The largest absolute Gasteiger partial charge is 0.299 e. The second-order valence-electron chi connectivity index (χ2n) is 4.31. The first-order chi connectivity index (χ1) is 7.22. The molecule has 15 heavy (non-hydrogen) atoms. The lowest BCUT2D eigenvalue weighted by molar-refractivity contribution is 0.317. The van der Waals surface area contributed by atoms with E-state index in [0.29, 0.717) is 6.04 Å². The van der Waals surface area contributed by atoms with E-state index < -0.39 is 0 Å². The van der Waals surface area contributed by atoms with Gasteiger partial charge < -0.3 is 0 Å². The van der Waals surface area contributed by atoms with Gasteiger partial charge in [0.05, 0.1) is 5.69 Å². The fraction of sp³-hybridized carbons (Fsp3) is 0.462. The van der Waals surface area contributed by atoms with E-state index in [4.69, 9.17) is 0 Å². The molecule has 1 aliphatic rings. The topological polar surface area (TPSA) is 16.1 Å². The molecule has 0 N–H and O–H groups in total. The van der Waals surface area contributed by atoms with Crippen LogP contribution in [0.2, 0.25) is 0 Å². The van der Waals surface area contributed by atoms with E-state index in [1.165, 1.54) is 30.5 Å². The summed E-state index contributed by atoms with van der Waals surface area (Å²) in [5, 5.41) is 0. The summed E-state index contributed by atoms with van der Waals surface area (Å²) >= 11 is 0. The Balaban J connectivity index is 2.29. The number of hydrogen-bond donors (Lipinski definition) is 0. The van der Waals surface area contributed by atoms with Gasteiger partial charge in [-0.2, -0.15) is 0 Å². The molecule has 0 aromatic carbocycles. The van der Waals surface area contributed by atoms with Crippen molar-refractivity contribution in [1.29, 1.82) is 0 Å². The number of aryl methyl sites for hydroxylation is 1. The summed E-state index contributed by atoms with van der Waals surface area (Å²) < 4.78 is 0. The first-order valence-corrected chi connectivity index (χ1v) is 5.51. The molecule has 2 rings (SSSR count). The SMILES string of the molecule is C=Cc1ncc(C2CCCN2C)cc1C. The van der Waals surface area contributed by atoms with Crippen LogP contribution in [0.3, 0.4) is 0 Å². The van der Waals surface area contributed by atoms with Gasteiger partial charge in [0.15, 0.2) is 0 Å². The predicted molar refractivity (Wildman–Crippen MR) is 63.7 cm³/mol. The molecule has 0 saturated carbocycles. The van der Waals surface area contributed by atoms with Crippen LogP contribution in [0.1, 0.15) is 35.7 Å². The van der Waals surface area contributed by atoms with Crippen LogP contribution in [0, 0.1) is 6.92 Å². The van der Waals surface area contributed by atoms with Crippen molar-refractivity contribution in [3.05, 3.63) is 35.7 Å². The number of aromatic nitrogens is 1. The van der Waals surface area contributed by atoms with Crippen molar-refractivity contribution in [3.8, 4) is 0 Å². The molecule has 1 fully saturated rings. The third-order valence-electron chi connectivity index (χ3n) is 3.24. The van der Waals surface area contributed by atoms with E-state index in [-0.39, 0.29) is 0 Å². The van der Waals surface area contributed by atoms with Crippen LogP contribution in [0.15, 0.2) is 18.8 Å². The number of likely N-dealkylation sites (tertiary alicyclic amines) is 1. The van der Waals surface area contributed by atoms with Gasteiger partial charge in [-0.3, -0.25) is 9.88 Å². The average Bonchev–Trinajstić information content (AvgIpc) is 2.64. The molecular weight excluding hydrogens is 184 g/mol. The third kappa shape index (κ3) is 1.95. The molecule has 0 bridgehead atoms. The molecule has 0 spiro atoms. The number of rotatable bonds is 2. The van der Waals surface area contributed by atoms with Crippen LogP contribution in [-0.2, 0) is 0 Å². The molecule has 1 aromatic rings. The lowest BCUT2D eigenvalue weighted by Crippen LogP contribution is -2.17. The van der Waals surface area contributed by atoms with Crippen molar-refractivity contribution < 1.29 is 0 Å². The lowest BCUT2D eigenvalue weighted by Gasteiger charge is -2.20. The summed E-state index contributed by atoms with van der Waals surface area (Å²) in [6, 6.07) is 2.81. The monoisotopic (exact) mass is 202 g/mol. The highest BCUT2D eigenvalue weighted by atomic mass is 15.1. The second kappa shape index (κ2) is 4.15. The minimum Gasteiger partial charge on any atom is -0.299 e. The highest BCUT2D eigenvalue weighted by Gasteiger charge is 2.22. The van der Waals surface area contributed by atoms with Gasteiger partial charge in [-0.25, -0.2) is 0 Å². The van der Waals surface area contributed by atoms with Gasteiger partial charge in [0.1, 0.15) is 0 Å². The van der Waals surface area contributed by atoms with Crippen LogP contribution in [-0.4, -0.2) is 23.5 Å². The van der Waals surface area contributed by atoms with E-state index in [0.717, 1.165) is 5.69 Å². The van der Waals surface area contributed by atoms with E-state index in [1.807, 2.05) is 12.3 Å². The maximum atomic E-state index is 4.43. The van der Waals surface area contributed by atoms with Crippen molar-refractivity contribution in [2.24, 2.45) is 0 Å². The Hall–Kier alpha value is -1.15. The van der Waals surface area contributed by atoms with Crippen LogP contribution < -0.4 is 0 Å². The number of pyridine rings is 1. The van der Waals surface area contributed by atoms with Crippen LogP contribution >= 0.6 is 0 Å². The highest BCUT2D eigenvalue weighted by molar-refractivity contribution is 5.47. The van der Waals surface area contributed by atoms with Crippen molar-refractivity contribution >= 4 is 6.08 Å². The third-order valence-corrected chi connectivity index (χ3v) is 3.24. The second-order valence-corrected chi connectivity index (χ2v) is 4.31. The highest BCUT2D eigenvalue weighted by Crippen LogP contribution is 2.30. The molecule has 0 amide bonds. The van der Waals surface area contributed by atoms with Crippen molar-refractivity contribution in [2.45, 2.75) is 25.8 Å². The Morgan fingerprint density at radius 2 is 2.40 bits per heavy atom. The van der Waals surface area contributed by atoms with Crippen molar-refractivity contribution in [1.82, 2.24) is 9.88 Å². The molecule has 0 aliphatic carbocycles. The zero-order valence-corrected chi connectivity index (χ0v) is 9.53. The molecule has 2 heteroatoms. The van der Waals surface area contributed by atoms with E-state index >= 15 is 0 Å². The summed E-state index contributed by atoms with van der Waals surface area (Å²) in [6.45, 7) is 7.06. The zero-order chi connectivity index (χ0) is 10.8. The molecule has 1 saturated heterocycles. The smallest absolute Gasteiger partial charge is 0.0653 e. The summed E-state index contributed by atoms with van der Waals surface area (Å²) in [5.41, 5.74) is 3.57. The Bertz CT molecular complexity index is 371. The lowest BCUT2D eigenvalue weighted by atomic mass is 10.0. The van der Waals surface area contributed by atoms with Gasteiger partial charge in [0.25, 0.3) is 0 Å². The van der Waals surface area contributed by atoms with Gasteiger partial charge in [-0.1, -0.05) is 12.6 Å². The van der Waals surface area contributed by atoms with Gasteiger partial charge in [0.2, 0.25) is 0 Å². The van der Waals surface area contributed by atoms with Crippen LogP contribution in [0.4, 0.5) is 0 Å². The molecule has 80 valence electrons. The van der Waals surface area contributed by atoms with Crippen LogP contribution in [0.5, 0.6) is 0 Å². The molecule has 1 unspecified atom stereocenters. The standard InChI is InChI=1S/C13H18N2/c1-4-12-10(2)8-11(9-14-12)13-6-5-7-15(13)3/h4,8-9,13H,1,5-7H2,2-3H3. The minimum atomic E-state index is 0.565. The quantitative estimate of drug-likeness (QED) is 0.733. The maximum absolute atomic E-state index is 4.43. The molecular formula is C13H18N2. The molecule has 1 aliphatic heterocycles. The van der Waals surface area contributed by atoms with Crippen molar-refractivity contribution in [2.75, 3.05) is 13.6 Å². The Kier molecular flexibility index (Phi) is 2.87. The molecule has 2 heterocycles. The maximum Gasteiger partial charge on any atom is 0.0653 e. The van der Waals surface area contributed by atoms with Gasteiger partial charge in [0, 0.05) is 12.2 Å². The molecule has 1 atom stereocenters. The average molecular weight is 202 g/mol. The molecule has 1 aromatic heterocycles. The summed E-state index contributed by atoms with van der Waals surface area (Å²) in [5.74, 6) is 0.